The maximum Gasteiger partial charge on any atom is 0.194 e. The van der Waals surface area contributed by atoms with Gasteiger partial charge in [0.2, 0.25) is 0 Å². The lowest BCUT2D eigenvalue weighted by molar-refractivity contribution is 0.0443. The Morgan fingerprint density at radius 1 is 1.30 bits per heavy atom. The lowest BCUT2D eigenvalue weighted by Crippen LogP contribution is -2.60. The van der Waals surface area contributed by atoms with E-state index in [0.29, 0.717) is 18.6 Å². The van der Waals surface area contributed by atoms with E-state index in [9.17, 15) is 0 Å². The van der Waals surface area contributed by atoms with Crippen molar-refractivity contribution in [3.63, 3.8) is 0 Å². The fourth-order valence-electron chi connectivity index (χ4n) is 3.75. The summed E-state index contributed by atoms with van der Waals surface area (Å²) in [6.07, 6.45) is 0. The van der Waals surface area contributed by atoms with Crippen LogP contribution < -0.4 is 5.32 Å². The maximum atomic E-state index is 5.29. The summed E-state index contributed by atoms with van der Waals surface area (Å²) < 4.78 is 7.29. The molecule has 2 aromatic rings. The van der Waals surface area contributed by atoms with Crippen LogP contribution in [0, 0.1) is 6.92 Å². The average Bonchev–Trinajstić information content (AvgIpc) is 3.32. The van der Waals surface area contributed by atoms with Gasteiger partial charge in [-0.15, -0.1) is 45.5 Å². The summed E-state index contributed by atoms with van der Waals surface area (Å²) in [7, 11) is 3.75. The molecule has 168 valence electrons. The maximum absolute atomic E-state index is 5.29. The Kier molecular flexibility index (Phi) is 9.98. The summed E-state index contributed by atoms with van der Waals surface area (Å²) >= 11 is 1.76. The van der Waals surface area contributed by atoms with E-state index in [1.165, 1.54) is 4.88 Å². The number of nitrogens with one attached hydrogen (secondary N) is 1. The highest BCUT2D eigenvalue weighted by atomic mass is 127. The molecule has 8 nitrogen and oxygen atoms in total. The number of rotatable bonds is 7. The first-order chi connectivity index (χ1) is 14.0. The molecule has 0 aliphatic carbocycles. The Balaban J connectivity index is 0.00000320. The number of guanidine groups is 1. The topological polar surface area (TPSA) is 70.8 Å². The highest BCUT2D eigenvalue weighted by Crippen LogP contribution is 2.16. The zero-order valence-electron chi connectivity index (χ0n) is 18.5. The molecule has 0 aromatic carbocycles. The van der Waals surface area contributed by atoms with Crippen molar-refractivity contribution in [2.24, 2.45) is 12.0 Å². The smallest absolute Gasteiger partial charge is 0.194 e. The van der Waals surface area contributed by atoms with Crippen LogP contribution in [0.5, 0.6) is 0 Å². The molecule has 1 N–H and O–H groups in total. The molecule has 10 heteroatoms. The highest BCUT2D eigenvalue weighted by Gasteiger charge is 2.30. The van der Waals surface area contributed by atoms with E-state index in [0.717, 1.165) is 50.4 Å². The normalized spacial score (nSPS) is 20.3. The predicted octanol–water partition coefficient (Wildman–Crippen LogP) is 2.49. The van der Waals surface area contributed by atoms with Gasteiger partial charge in [-0.05, 0) is 32.2 Å². The van der Waals surface area contributed by atoms with E-state index < -0.39 is 0 Å². The summed E-state index contributed by atoms with van der Waals surface area (Å²) in [5, 5.41) is 14.1. The lowest BCUT2D eigenvalue weighted by atomic mass is 10.1. The molecular weight excluding hydrogens is 513 g/mol. The molecule has 30 heavy (non-hydrogen) atoms. The second kappa shape index (κ2) is 12.0. The third kappa shape index (κ3) is 6.38. The molecule has 1 aliphatic rings. The molecule has 0 spiro atoms. The monoisotopic (exact) mass is 547 g/mol. The molecule has 3 heterocycles. The van der Waals surface area contributed by atoms with Gasteiger partial charge in [-0.1, -0.05) is 6.07 Å². The zero-order chi connectivity index (χ0) is 20.8. The van der Waals surface area contributed by atoms with Crippen molar-refractivity contribution >= 4 is 41.3 Å². The molecule has 3 rings (SSSR count). The predicted molar refractivity (Wildman–Crippen MR) is 133 cm³/mol. The van der Waals surface area contributed by atoms with Gasteiger partial charge < -0.3 is 19.5 Å². The van der Waals surface area contributed by atoms with Crippen molar-refractivity contribution in [3.05, 3.63) is 34.0 Å². The molecule has 1 aliphatic heterocycles. The van der Waals surface area contributed by atoms with Crippen LogP contribution in [0.1, 0.15) is 30.4 Å². The van der Waals surface area contributed by atoms with E-state index in [-0.39, 0.29) is 24.0 Å². The first-order valence-electron chi connectivity index (χ1n) is 10.1. The molecule has 1 saturated heterocycles. The quantitative estimate of drug-likeness (QED) is 0.327. The number of piperazine rings is 1. The number of aryl methyl sites for hydroxylation is 1. The highest BCUT2D eigenvalue weighted by molar-refractivity contribution is 14.0. The minimum absolute atomic E-state index is 0. The molecule has 0 saturated carbocycles. The van der Waals surface area contributed by atoms with Crippen molar-refractivity contribution in [2.75, 3.05) is 33.4 Å². The van der Waals surface area contributed by atoms with Gasteiger partial charge in [0.05, 0.1) is 13.2 Å². The van der Waals surface area contributed by atoms with Crippen LogP contribution in [0.25, 0.3) is 0 Å². The zero-order valence-corrected chi connectivity index (χ0v) is 21.7. The summed E-state index contributed by atoms with van der Waals surface area (Å²) in [5.41, 5.74) is 0. The molecular formula is C20H34IN7OS. The number of aromatic nitrogens is 3. The number of hydrogen-bond donors (Lipinski definition) is 1. The van der Waals surface area contributed by atoms with Crippen molar-refractivity contribution < 1.29 is 4.74 Å². The Hall–Kier alpha value is -1.24. The molecule has 0 amide bonds. The van der Waals surface area contributed by atoms with Crippen molar-refractivity contribution in [2.45, 2.75) is 45.9 Å². The van der Waals surface area contributed by atoms with Crippen LogP contribution >= 0.6 is 35.3 Å². The summed E-state index contributed by atoms with van der Waals surface area (Å²) in [6, 6.07) is 5.09. The van der Waals surface area contributed by atoms with Gasteiger partial charge in [-0.25, -0.2) is 4.99 Å². The van der Waals surface area contributed by atoms with Gasteiger partial charge in [0.15, 0.2) is 11.8 Å². The van der Waals surface area contributed by atoms with Crippen LogP contribution in [0.15, 0.2) is 22.5 Å². The Bertz CT molecular complexity index is 783. The Morgan fingerprint density at radius 3 is 2.60 bits per heavy atom. The van der Waals surface area contributed by atoms with Crippen LogP contribution in [0.4, 0.5) is 0 Å². The third-order valence-electron chi connectivity index (χ3n) is 5.51. The van der Waals surface area contributed by atoms with E-state index in [4.69, 9.17) is 9.73 Å². The molecule has 1 fully saturated rings. The van der Waals surface area contributed by atoms with E-state index in [1.807, 2.05) is 18.5 Å². The number of halogens is 1. The second-order valence-electron chi connectivity index (χ2n) is 7.63. The summed E-state index contributed by atoms with van der Waals surface area (Å²) in [6.45, 7) is 11.4. The minimum atomic E-state index is 0. The van der Waals surface area contributed by atoms with Crippen LogP contribution in [-0.2, 0) is 24.9 Å². The summed E-state index contributed by atoms with van der Waals surface area (Å²) in [5.74, 6) is 2.71. The van der Waals surface area contributed by atoms with Crippen molar-refractivity contribution in [1.29, 1.82) is 0 Å². The largest absolute Gasteiger partial charge is 0.383 e. The van der Waals surface area contributed by atoms with Gasteiger partial charge in [0.1, 0.15) is 12.4 Å². The number of ether oxygens (including phenoxy) is 1. The van der Waals surface area contributed by atoms with Crippen LogP contribution in [-0.4, -0.2) is 76.0 Å². The second-order valence-corrected chi connectivity index (χ2v) is 8.66. The molecule has 0 radical (unpaired) electrons. The van der Waals surface area contributed by atoms with Gasteiger partial charge in [-0.3, -0.25) is 4.90 Å². The number of thiophene rings is 1. The fraction of sp³-hybridized carbons (Fsp3) is 0.650. The lowest BCUT2D eigenvalue weighted by Gasteiger charge is -2.45. The summed E-state index contributed by atoms with van der Waals surface area (Å²) in [4.78, 5) is 11.1. The number of aliphatic imine (C=N–C) groups is 1. The molecule has 0 bridgehead atoms. The molecule has 2 aromatic heterocycles. The van der Waals surface area contributed by atoms with E-state index in [2.05, 4.69) is 56.7 Å². The third-order valence-corrected chi connectivity index (χ3v) is 6.38. The SMILES string of the molecule is COCCN1C(C)CN(C(=NCc2nnc(C)n2C)NCc2cccs2)CC1C.I. The first-order valence-corrected chi connectivity index (χ1v) is 11.0. The van der Waals surface area contributed by atoms with E-state index >= 15 is 0 Å². The Labute approximate surface area is 200 Å². The van der Waals surface area contributed by atoms with Crippen molar-refractivity contribution in [1.82, 2.24) is 29.9 Å². The van der Waals surface area contributed by atoms with Gasteiger partial charge in [0.25, 0.3) is 0 Å². The first kappa shape index (κ1) is 25.0. The Morgan fingerprint density at radius 2 is 2.03 bits per heavy atom. The van der Waals surface area contributed by atoms with Gasteiger partial charge in [0, 0.05) is 50.8 Å². The number of methoxy groups -OCH3 is 1. The van der Waals surface area contributed by atoms with Crippen molar-refractivity contribution in [3.8, 4) is 0 Å². The average molecular weight is 548 g/mol. The number of hydrogen-bond acceptors (Lipinski definition) is 6. The van der Waals surface area contributed by atoms with Crippen LogP contribution in [0.2, 0.25) is 0 Å². The van der Waals surface area contributed by atoms with Crippen LogP contribution in [0.3, 0.4) is 0 Å². The van der Waals surface area contributed by atoms with Gasteiger partial charge in [-0.2, -0.15) is 0 Å². The molecule has 2 atom stereocenters. The minimum Gasteiger partial charge on any atom is -0.383 e. The fourth-order valence-corrected chi connectivity index (χ4v) is 4.39. The van der Waals surface area contributed by atoms with Gasteiger partial charge >= 0.3 is 0 Å². The van der Waals surface area contributed by atoms with E-state index in [1.54, 1.807) is 18.4 Å². The molecule has 2 unspecified atom stereocenters. The standard InChI is InChI=1S/C20H33N7OS.HI/c1-15-13-26(14-16(2)27(15)8-9-28-5)20(21-11-18-7-6-10-29-18)22-12-19-24-23-17(3)25(19)4;/h6-7,10,15-16H,8-9,11-14H2,1-5H3,(H,21,22);1H. The number of nitrogens with zero attached hydrogens (tertiary/aromatic N) is 6.